The number of aryl methyl sites for hydroxylation is 1. The molecular weight excluding hydrogens is 230 g/mol. The molecule has 0 bridgehead atoms. The quantitative estimate of drug-likeness (QED) is 0.819. The van der Waals surface area contributed by atoms with E-state index in [1.807, 2.05) is 6.07 Å². The zero-order valence-corrected chi connectivity index (χ0v) is 8.93. The third kappa shape index (κ3) is 1.71. The van der Waals surface area contributed by atoms with Gasteiger partial charge in [-0.15, -0.1) is 0 Å². The maximum atomic E-state index is 5.64. The number of halogens is 1. The van der Waals surface area contributed by atoms with Crippen LogP contribution in [-0.2, 0) is 13.0 Å². The molecule has 1 aromatic rings. The average molecular weight is 242 g/mol. The van der Waals surface area contributed by atoms with Crippen LogP contribution in [0.4, 0.5) is 0 Å². The van der Waals surface area contributed by atoms with Crippen molar-refractivity contribution in [3.63, 3.8) is 0 Å². The summed E-state index contributed by atoms with van der Waals surface area (Å²) in [6.07, 6.45) is 2.20. The normalized spacial score (nSPS) is 14.9. The van der Waals surface area contributed by atoms with Crippen molar-refractivity contribution in [2.24, 2.45) is 5.73 Å². The molecule has 1 aliphatic heterocycles. The smallest absolute Gasteiger partial charge is 0.127 e. The van der Waals surface area contributed by atoms with Crippen molar-refractivity contribution in [3.05, 3.63) is 27.7 Å². The molecule has 2 rings (SSSR count). The first-order valence-corrected chi connectivity index (χ1v) is 5.24. The second-order valence-electron chi connectivity index (χ2n) is 3.21. The van der Waals surface area contributed by atoms with Gasteiger partial charge in [-0.25, -0.2) is 0 Å². The Morgan fingerprint density at radius 3 is 3.08 bits per heavy atom. The zero-order valence-electron chi connectivity index (χ0n) is 7.35. The molecule has 0 unspecified atom stereocenters. The summed E-state index contributed by atoms with van der Waals surface area (Å²) in [6, 6.07) is 4.15. The number of benzene rings is 1. The summed E-state index contributed by atoms with van der Waals surface area (Å²) in [4.78, 5) is 0. The summed E-state index contributed by atoms with van der Waals surface area (Å²) in [5, 5.41) is 0. The third-order valence-electron chi connectivity index (χ3n) is 2.26. The minimum atomic E-state index is 0.543. The molecule has 2 N–H and O–H groups in total. The number of nitrogens with two attached hydrogens (primary N) is 1. The van der Waals surface area contributed by atoms with E-state index in [1.54, 1.807) is 0 Å². The number of hydrogen-bond donors (Lipinski definition) is 1. The second kappa shape index (κ2) is 3.68. The number of fused-ring (bicyclic) bond motifs is 1. The van der Waals surface area contributed by atoms with Gasteiger partial charge < -0.3 is 10.5 Å². The third-order valence-corrected chi connectivity index (χ3v) is 2.72. The fraction of sp³-hybridized carbons (Fsp3) is 0.400. The summed E-state index contributed by atoms with van der Waals surface area (Å²) in [6.45, 7) is 1.36. The van der Waals surface area contributed by atoms with Crippen molar-refractivity contribution < 1.29 is 4.74 Å². The molecule has 2 nitrogen and oxygen atoms in total. The Labute approximate surface area is 86.2 Å². The molecule has 0 amide bonds. The minimum Gasteiger partial charge on any atom is -0.493 e. The summed E-state index contributed by atoms with van der Waals surface area (Å²) in [7, 11) is 0. The summed E-state index contributed by atoms with van der Waals surface area (Å²) < 4.78 is 6.69. The Hall–Kier alpha value is -0.540. The first kappa shape index (κ1) is 9.03. The SMILES string of the molecule is NCc1cc(Br)cc2c1OCCC2. The van der Waals surface area contributed by atoms with Gasteiger partial charge in [-0.3, -0.25) is 0 Å². The Morgan fingerprint density at radius 2 is 2.31 bits per heavy atom. The van der Waals surface area contributed by atoms with Crippen LogP contribution in [0.3, 0.4) is 0 Å². The summed E-state index contributed by atoms with van der Waals surface area (Å²) in [5.41, 5.74) is 8.02. The van der Waals surface area contributed by atoms with Gasteiger partial charge in [-0.1, -0.05) is 15.9 Å². The highest BCUT2D eigenvalue weighted by Crippen LogP contribution is 2.31. The molecule has 13 heavy (non-hydrogen) atoms. The van der Waals surface area contributed by atoms with Crippen molar-refractivity contribution in [1.29, 1.82) is 0 Å². The van der Waals surface area contributed by atoms with Gasteiger partial charge in [-0.2, -0.15) is 0 Å². The molecule has 1 aromatic carbocycles. The molecule has 0 radical (unpaired) electrons. The first-order chi connectivity index (χ1) is 6.31. The van der Waals surface area contributed by atoms with Crippen LogP contribution in [0.1, 0.15) is 17.5 Å². The lowest BCUT2D eigenvalue weighted by Gasteiger charge is -2.20. The molecule has 3 heteroatoms. The second-order valence-corrected chi connectivity index (χ2v) is 4.12. The predicted molar refractivity (Wildman–Crippen MR) is 55.8 cm³/mol. The molecule has 1 heterocycles. The van der Waals surface area contributed by atoms with Crippen LogP contribution in [0.5, 0.6) is 5.75 Å². The van der Waals surface area contributed by atoms with Crippen LogP contribution >= 0.6 is 15.9 Å². The largest absolute Gasteiger partial charge is 0.493 e. The molecule has 0 spiro atoms. The molecule has 0 saturated heterocycles. The Morgan fingerprint density at radius 1 is 1.46 bits per heavy atom. The lowest BCUT2D eigenvalue weighted by Crippen LogP contribution is -2.12. The van der Waals surface area contributed by atoms with Crippen LogP contribution in [0.2, 0.25) is 0 Å². The van der Waals surface area contributed by atoms with Crippen molar-refractivity contribution in [2.45, 2.75) is 19.4 Å². The van der Waals surface area contributed by atoms with E-state index in [-0.39, 0.29) is 0 Å². The highest BCUT2D eigenvalue weighted by Gasteiger charge is 2.14. The first-order valence-electron chi connectivity index (χ1n) is 4.45. The van der Waals surface area contributed by atoms with Gasteiger partial charge in [0.1, 0.15) is 5.75 Å². The molecule has 0 aliphatic carbocycles. The van der Waals surface area contributed by atoms with E-state index < -0.39 is 0 Å². The maximum absolute atomic E-state index is 5.64. The van der Waals surface area contributed by atoms with Crippen LogP contribution in [0.25, 0.3) is 0 Å². The van der Waals surface area contributed by atoms with Gasteiger partial charge in [0.15, 0.2) is 0 Å². The highest BCUT2D eigenvalue weighted by molar-refractivity contribution is 9.10. The van der Waals surface area contributed by atoms with Crippen LogP contribution in [0.15, 0.2) is 16.6 Å². The fourth-order valence-corrected chi connectivity index (χ4v) is 2.22. The summed E-state index contributed by atoms with van der Waals surface area (Å²) in [5.74, 6) is 1.01. The predicted octanol–water partition coefficient (Wildman–Crippen LogP) is 2.23. The van der Waals surface area contributed by atoms with Gasteiger partial charge >= 0.3 is 0 Å². The number of hydrogen-bond acceptors (Lipinski definition) is 2. The van der Waals surface area contributed by atoms with Crippen LogP contribution in [-0.4, -0.2) is 6.61 Å². The van der Waals surface area contributed by atoms with Gasteiger partial charge in [0.2, 0.25) is 0 Å². The van der Waals surface area contributed by atoms with E-state index in [0.717, 1.165) is 35.2 Å². The van der Waals surface area contributed by atoms with E-state index in [1.165, 1.54) is 5.56 Å². The molecule has 0 fully saturated rings. The van der Waals surface area contributed by atoms with E-state index in [4.69, 9.17) is 10.5 Å². The van der Waals surface area contributed by atoms with Crippen molar-refractivity contribution in [2.75, 3.05) is 6.61 Å². The monoisotopic (exact) mass is 241 g/mol. The van der Waals surface area contributed by atoms with Crippen LogP contribution < -0.4 is 10.5 Å². The van der Waals surface area contributed by atoms with Gasteiger partial charge in [0.05, 0.1) is 6.61 Å². The Kier molecular flexibility index (Phi) is 2.56. The van der Waals surface area contributed by atoms with Gasteiger partial charge in [0, 0.05) is 16.6 Å². The Bertz CT molecular complexity index is 308. The number of ether oxygens (including phenoxy) is 1. The maximum Gasteiger partial charge on any atom is 0.127 e. The summed E-state index contributed by atoms with van der Waals surface area (Å²) >= 11 is 3.47. The van der Waals surface area contributed by atoms with Crippen molar-refractivity contribution in [1.82, 2.24) is 0 Å². The van der Waals surface area contributed by atoms with E-state index in [9.17, 15) is 0 Å². The van der Waals surface area contributed by atoms with E-state index in [0.29, 0.717) is 6.54 Å². The molecule has 0 aromatic heterocycles. The Balaban J connectivity index is 2.50. The van der Waals surface area contributed by atoms with Gasteiger partial charge in [0.25, 0.3) is 0 Å². The fourth-order valence-electron chi connectivity index (χ4n) is 1.67. The molecular formula is C10H12BrNO. The minimum absolute atomic E-state index is 0.543. The van der Waals surface area contributed by atoms with Gasteiger partial charge in [-0.05, 0) is 30.5 Å². The molecule has 0 saturated carbocycles. The average Bonchev–Trinajstić information content (AvgIpc) is 2.16. The zero-order chi connectivity index (χ0) is 9.26. The van der Waals surface area contributed by atoms with Crippen molar-refractivity contribution in [3.8, 4) is 5.75 Å². The lowest BCUT2D eigenvalue weighted by atomic mass is 10.0. The van der Waals surface area contributed by atoms with E-state index in [2.05, 4.69) is 22.0 Å². The molecule has 1 aliphatic rings. The standard InChI is InChI=1S/C10H12BrNO/c11-9-4-7-2-1-3-13-10(7)8(5-9)6-12/h4-5H,1-3,6,12H2. The number of rotatable bonds is 1. The van der Waals surface area contributed by atoms with E-state index >= 15 is 0 Å². The molecule has 0 atom stereocenters. The lowest BCUT2D eigenvalue weighted by molar-refractivity contribution is 0.285. The molecule has 70 valence electrons. The van der Waals surface area contributed by atoms with Crippen molar-refractivity contribution >= 4 is 15.9 Å². The highest BCUT2D eigenvalue weighted by atomic mass is 79.9. The van der Waals surface area contributed by atoms with Crippen LogP contribution in [0, 0.1) is 0 Å². The topological polar surface area (TPSA) is 35.2 Å².